The molecule has 0 unspecified atom stereocenters. The maximum atomic E-state index is 5.16. The predicted octanol–water partition coefficient (Wildman–Crippen LogP) is 12.7. The van der Waals surface area contributed by atoms with Gasteiger partial charge in [-0.25, -0.2) is 15.0 Å². The molecule has 0 saturated carbocycles. The summed E-state index contributed by atoms with van der Waals surface area (Å²) in [6, 6.07) is 67.9. The fraction of sp³-hybridized carbons (Fsp3) is 0.0755. The maximum Gasteiger partial charge on any atom is 0.164 e. The van der Waals surface area contributed by atoms with Crippen molar-refractivity contribution in [1.29, 1.82) is 0 Å². The van der Waals surface area contributed by atoms with Gasteiger partial charge in [0.2, 0.25) is 0 Å². The number of benzene rings is 8. The third-order valence-corrected chi connectivity index (χ3v) is 12.2. The van der Waals surface area contributed by atoms with Crippen LogP contribution in [0.5, 0.6) is 0 Å². The van der Waals surface area contributed by atoms with Crippen molar-refractivity contribution in [3.63, 3.8) is 0 Å². The molecule has 2 aliphatic carbocycles. The van der Waals surface area contributed by atoms with Crippen LogP contribution < -0.4 is 0 Å². The summed E-state index contributed by atoms with van der Waals surface area (Å²) < 4.78 is 0. The lowest BCUT2D eigenvalue weighted by Gasteiger charge is -2.46. The SMILES string of the molecule is CC1(C)c2ccccc2C2(c3ccccc3-c3c(-c4cccc(-c5nc(-c6ccccc6)nc(-c6ccc7ccccc7c6)n5)c4)cccc32)c2ccccc21. The summed E-state index contributed by atoms with van der Waals surface area (Å²) in [5, 5.41) is 2.34. The topological polar surface area (TPSA) is 38.7 Å². The molecule has 0 amide bonds. The third-order valence-electron chi connectivity index (χ3n) is 12.2. The highest BCUT2D eigenvalue weighted by Crippen LogP contribution is 2.63. The Hall–Kier alpha value is -6.97. The van der Waals surface area contributed by atoms with Crippen molar-refractivity contribution in [2.75, 3.05) is 0 Å². The molecule has 9 aromatic rings. The molecule has 264 valence electrons. The normalized spacial score (nSPS) is 14.2. The summed E-state index contributed by atoms with van der Waals surface area (Å²) in [7, 11) is 0. The molecule has 0 N–H and O–H groups in total. The highest BCUT2D eigenvalue weighted by atomic mass is 15.0. The van der Waals surface area contributed by atoms with Crippen LogP contribution in [0.2, 0.25) is 0 Å². The Morgan fingerprint density at radius 1 is 0.321 bits per heavy atom. The Bertz CT molecular complexity index is 2960. The number of hydrogen-bond acceptors (Lipinski definition) is 3. The van der Waals surface area contributed by atoms with E-state index in [2.05, 4.69) is 184 Å². The zero-order valence-corrected chi connectivity index (χ0v) is 31.2. The van der Waals surface area contributed by atoms with Gasteiger partial charge in [-0.2, -0.15) is 0 Å². The summed E-state index contributed by atoms with van der Waals surface area (Å²) in [4.78, 5) is 15.3. The Kier molecular flexibility index (Phi) is 7.11. The van der Waals surface area contributed by atoms with Crippen LogP contribution in [0.15, 0.2) is 188 Å². The van der Waals surface area contributed by atoms with Gasteiger partial charge >= 0.3 is 0 Å². The van der Waals surface area contributed by atoms with E-state index in [0.29, 0.717) is 17.5 Å². The van der Waals surface area contributed by atoms with E-state index in [1.165, 1.54) is 55.5 Å². The molecule has 2 aliphatic rings. The lowest BCUT2D eigenvalue weighted by Crippen LogP contribution is -2.40. The van der Waals surface area contributed by atoms with Crippen molar-refractivity contribution < 1.29 is 0 Å². The minimum atomic E-state index is -0.449. The monoisotopic (exact) mass is 715 g/mol. The van der Waals surface area contributed by atoms with Crippen molar-refractivity contribution in [2.24, 2.45) is 0 Å². The van der Waals surface area contributed by atoms with Crippen molar-refractivity contribution in [1.82, 2.24) is 15.0 Å². The van der Waals surface area contributed by atoms with E-state index in [9.17, 15) is 0 Å². The van der Waals surface area contributed by atoms with E-state index < -0.39 is 5.41 Å². The number of aromatic nitrogens is 3. The van der Waals surface area contributed by atoms with Crippen molar-refractivity contribution in [3.8, 4) is 56.4 Å². The average molecular weight is 716 g/mol. The van der Waals surface area contributed by atoms with Gasteiger partial charge in [0.05, 0.1) is 5.41 Å². The highest BCUT2D eigenvalue weighted by molar-refractivity contribution is 5.97. The molecular weight excluding hydrogens is 679 g/mol. The zero-order valence-electron chi connectivity index (χ0n) is 31.2. The standard InChI is InChI=1S/C53H37N3/c1-52(2)43-25-10-12-27-45(43)53(46-28-13-11-26-44(46)52)42-24-9-8-22-41(42)48-40(23-15-29-47(48)53)37-20-14-21-38(33-37)50-54-49(35-17-4-3-5-18-35)55-51(56-50)39-31-30-34-16-6-7-19-36(34)32-39/h3-33H,1-2H3. The average Bonchev–Trinajstić information content (AvgIpc) is 3.57. The first kappa shape index (κ1) is 32.5. The molecule has 11 rings (SSSR count). The van der Waals surface area contributed by atoms with Crippen molar-refractivity contribution in [2.45, 2.75) is 24.7 Å². The molecule has 0 fully saturated rings. The molecule has 1 spiro atoms. The summed E-state index contributed by atoms with van der Waals surface area (Å²) in [6.07, 6.45) is 0. The summed E-state index contributed by atoms with van der Waals surface area (Å²) in [6.45, 7) is 4.74. The van der Waals surface area contributed by atoms with Gasteiger partial charge in [-0.1, -0.05) is 190 Å². The Labute approximate surface area is 327 Å². The van der Waals surface area contributed by atoms with Gasteiger partial charge in [0.15, 0.2) is 17.5 Å². The second-order valence-electron chi connectivity index (χ2n) is 15.6. The van der Waals surface area contributed by atoms with Crippen molar-refractivity contribution in [3.05, 3.63) is 221 Å². The van der Waals surface area contributed by atoms with Crippen LogP contribution in [0, 0.1) is 0 Å². The molecule has 0 atom stereocenters. The van der Waals surface area contributed by atoms with Gasteiger partial charge in [0.1, 0.15) is 0 Å². The minimum Gasteiger partial charge on any atom is -0.208 e. The van der Waals surface area contributed by atoms with Gasteiger partial charge in [-0.3, -0.25) is 0 Å². The van der Waals surface area contributed by atoms with Crippen LogP contribution in [0.25, 0.3) is 67.2 Å². The Morgan fingerprint density at radius 2 is 0.804 bits per heavy atom. The second-order valence-corrected chi connectivity index (χ2v) is 15.6. The second kappa shape index (κ2) is 12.3. The van der Waals surface area contributed by atoms with E-state index >= 15 is 0 Å². The zero-order chi connectivity index (χ0) is 37.4. The molecule has 3 nitrogen and oxygen atoms in total. The van der Waals surface area contributed by atoms with E-state index in [-0.39, 0.29) is 5.41 Å². The Morgan fingerprint density at radius 3 is 1.52 bits per heavy atom. The fourth-order valence-corrected chi connectivity index (χ4v) is 9.65. The van der Waals surface area contributed by atoms with Crippen LogP contribution in [0.4, 0.5) is 0 Å². The number of rotatable bonds is 4. The minimum absolute atomic E-state index is 0.142. The molecule has 56 heavy (non-hydrogen) atoms. The number of hydrogen-bond donors (Lipinski definition) is 0. The highest BCUT2D eigenvalue weighted by Gasteiger charge is 2.53. The van der Waals surface area contributed by atoms with Gasteiger partial charge in [0, 0.05) is 22.1 Å². The van der Waals surface area contributed by atoms with Gasteiger partial charge in [-0.15, -0.1) is 0 Å². The lowest BCUT2D eigenvalue weighted by atomic mass is 9.55. The van der Waals surface area contributed by atoms with E-state index in [1.54, 1.807) is 0 Å². The molecule has 1 heterocycles. The van der Waals surface area contributed by atoms with E-state index in [0.717, 1.165) is 27.6 Å². The molecule has 0 saturated heterocycles. The predicted molar refractivity (Wildman–Crippen MR) is 229 cm³/mol. The van der Waals surface area contributed by atoms with Gasteiger partial charge in [0.25, 0.3) is 0 Å². The van der Waals surface area contributed by atoms with E-state index in [1.807, 2.05) is 18.2 Å². The first-order valence-corrected chi connectivity index (χ1v) is 19.4. The summed E-state index contributed by atoms with van der Waals surface area (Å²) in [5.41, 5.74) is 15.3. The third kappa shape index (κ3) is 4.67. The lowest BCUT2D eigenvalue weighted by molar-refractivity contribution is 0.563. The van der Waals surface area contributed by atoms with Crippen LogP contribution in [0.3, 0.4) is 0 Å². The van der Waals surface area contributed by atoms with Crippen LogP contribution in [-0.4, -0.2) is 15.0 Å². The van der Waals surface area contributed by atoms with Crippen molar-refractivity contribution >= 4 is 10.8 Å². The Balaban J connectivity index is 1.12. The maximum absolute atomic E-state index is 5.16. The quantitative estimate of drug-likeness (QED) is 0.182. The molecule has 0 aliphatic heterocycles. The van der Waals surface area contributed by atoms with Crippen LogP contribution >= 0.6 is 0 Å². The molecule has 0 radical (unpaired) electrons. The van der Waals surface area contributed by atoms with Gasteiger partial charge < -0.3 is 0 Å². The van der Waals surface area contributed by atoms with E-state index in [4.69, 9.17) is 15.0 Å². The summed E-state index contributed by atoms with van der Waals surface area (Å²) >= 11 is 0. The van der Waals surface area contributed by atoms with Crippen LogP contribution in [-0.2, 0) is 10.8 Å². The molecule has 1 aromatic heterocycles. The first-order chi connectivity index (χ1) is 27.5. The fourth-order valence-electron chi connectivity index (χ4n) is 9.65. The molecular formula is C53H37N3. The van der Waals surface area contributed by atoms with Crippen LogP contribution in [0.1, 0.15) is 47.2 Å². The summed E-state index contributed by atoms with van der Waals surface area (Å²) in [5.74, 6) is 1.95. The number of nitrogens with zero attached hydrogens (tertiary/aromatic N) is 3. The molecule has 0 bridgehead atoms. The largest absolute Gasteiger partial charge is 0.208 e. The molecule has 8 aromatic carbocycles. The number of fused-ring (bicyclic) bond motifs is 10. The molecule has 3 heteroatoms. The smallest absolute Gasteiger partial charge is 0.164 e. The van der Waals surface area contributed by atoms with Gasteiger partial charge in [-0.05, 0) is 78.5 Å². The first-order valence-electron chi connectivity index (χ1n) is 19.4.